The van der Waals surface area contributed by atoms with Gasteiger partial charge in [-0.05, 0) is 43.7 Å². The van der Waals surface area contributed by atoms with Crippen molar-refractivity contribution in [1.82, 2.24) is 4.90 Å². The summed E-state index contributed by atoms with van der Waals surface area (Å²) in [6.45, 7) is 3.86. The molecule has 158 valence electrons. The summed E-state index contributed by atoms with van der Waals surface area (Å²) in [5.74, 6) is -2.11. The third kappa shape index (κ3) is 2.99. The van der Waals surface area contributed by atoms with Crippen LogP contribution in [-0.4, -0.2) is 46.5 Å². The Bertz CT molecular complexity index is 955. The number of phenolic OH excluding ortho intramolecular Hbond substituents is 1. The number of hydrogen-bond acceptors (Lipinski definition) is 6. The number of esters is 1. The van der Waals surface area contributed by atoms with Gasteiger partial charge in [-0.25, -0.2) is 4.79 Å². The fourth-order valence-electron chi connectivity index (χ4n) is 4.89. The molecule has 2 saturated heterocycles. The highest BCUT2D eigenvalue weighted by molar-refractivity contribution is 6.08. The standard InChI is InChI=1S/C22H24N2O6/c1-3-24-19(26)16-17(20(24)27)22(21(28)29-4-2,12-13-7-9-14(25)10-8-13)23-18(16)15-6-5-11-30-15/h5-11,16-18,23,25H,3-4,12H2,1-2H3/p+1/t16-,17+,18+,22+/m0/s1. The molecule has 4 rings (SSSR count). The Kier molecular flexibility index (Phi) is 5.11. The van der Waals surface area contributed by atoms with E-state index in [1.807, 2.05) is 0 Å². The lowest BCUT2D eigenvalue weighted by atomic mass is 9.76. The summed E-state index contributed by atoms with van der Waals surface area (Å²) in [6, 6.07) is 9.44. The van der Waals surface area contributed by atoms with E-state index in [4.69, 9.17) is 9.15 Å². The average Bonchev–Trinajstić information content (AvgIpc) is 3.42. The number of carbonyl (C=O) groups excluding carboxylic acids is 3. The molecule has 8 nitrogen and oxygen atoms in total. The number of hydrogen-bond donors (Lipinski definition) is 2. The van der Waals surface area contributed by atoms with Crippen molar-refractivity contribution in [3.8, 4) is 5.75 Å². The molecule has 0 bridgehead atoms. The third-order valence-electron chi connectivity index (χ3n) is 6.14. The normalized spacial score (nSPS) is 28.1. The van der Waals surface area contributed by atoms with Crippen molar-refractivity contribution < 1.29 is 34.0 Å². The van der Waals surface area contributed by atoms with Crippen LogP contribution in [0.2, 0.25) is 0 Å². The molecule has 2 aliphatic heterocycles. The lowest BCUT2D eigenvalue weighted by molar-refractivity contribution is -0.735. The SMILES string of the molecule is CCOC(=O)[C@]1(Cc2ccc(O)cc2)[NH2+][C@H](c2ccco2)[C@H]2C(=O)N(CC)C(=O)[C@@H]21. The molecule has 0 spiro atoms. The second-order valence-corrected chi connectivity index (χ2v) is 7.74. The first kappa shape index (κ1) is 20.2. The molecule has 3 N–H and O–H groups in total. The predicted molar refractivity (Wildman–Crippen MR) is 104 cm³/mol. The van der Waals surface area contributed by atoms with Gasteiger partial charge < -0.3 is 19.6 Å². The number of amides is 2. The first-order chi connectivity index (χ1) is 14.4. The number of ether oxygens (including phenoxy) is 1. The summed E-state index contributed by atoms with van der Waals surface area (Å²) >= 11 is 0. The minimum atomic E-state index is -1.31. The smallest absolute Gasteiger partial charge is 0.369 e. The van der Waals surface area contributed by atoms with Crippen molar-refractivity contribution in [1.29, 1.82) is 0 Å². The molecule has 2 fully saturated rings. The van der Waals surface area contributed by atoms with Gasteiger partial charge in [-0.1, -0.05) is 12.1 Å². The van der Waals surface area contributed by atoms with Gasteiger partial charge in [-0.2, -0.15) is 0 Å². The monoisotopic (exact) mass is 413 g/mol. The van der Waals surface area contributed by atoms with E-state index < -0.39 is 29.4 Å². The molecule has 1 aromatic carbocycles. The Morgan fingerprint density at radius 3 is 2.53 bits per heavy atom. The van der Waals surface area contributed by atoms with E-state index >= 15 is 0 Å². The van der Waals surface area contributed by atoms with Gasteiger partial charge in [0, 0.05) is 13.0 Å². The minimum absolute atomic E-state index is 0.106. The zero-order valence-corrected chi connectivity index (χ0v) is 16.9. The molecule has 2 aliphatic rings. The molecule has 0 saturated carbocycles. The van der Waals surface area contributed by atoms with Crippen molar-refractivity contribution in [3.63, 3.8) is 0 Å². The van der Waals surface area contributed by atoms with E-state index in [2.05, 4.69) is 0 Å². The quantitative estimate of drug-likeness (QED) is 0.534. The molecule has 30 heavy (non-hydrogen) atoms. The Morgan fingerprint density at radius 1 is 1.20 bits per heavy atom. The highest BCUT2D eigenvalue weighted by atomic mass is 16.5. The topological polar surface area (TPSA) is 114 Å². The van der Waals surface area contributed by atoms with Gasteiger partial charge in [0.15, 0.2) is 11.8 Å². The van der Waals surface area contributed by atoms with Gasteiger partial charge in [-0.3, -0.25) is 14.5 Å². The van der Waals surface area contributed by atoms with Crippen LogP contribution >= 0.6 is 0 Å². The van der Waals surface area contributed by atoms with Crippen molar-refractivity contribution in [3.05, 3.63) is 54.0 Å². The minimum Gasteiger partial charge on any atom is -0.508 e. The number of benzene rings is 1. The number of rotatable bonds is 6. The molecule has 4 atom stereocenters. The van der Waals surface area contributed by atoms with Crippen molar-refractivity contribution in [2.24, 2.45) is 11.8 Å². The number of phenols is 1. The summed E-state index contributed by atoms with van der Waals surface area (Å²) in [7, 11) is 0. The molecule has 2 amide bonds. The van der Waals surface area contributed by atoms with Gasteiger partial charge in [-0.15, -0.1) is 0 Å². The van der Waals surface area contributed by atoms with Crippen LogP contribution in [0.1, 0.15) is 31.2 Å². The second-order valence-electron chi connectivity index (χ2n) is 7.74. The van der Waals surface area contributed by atoms with Crippen LogP contribution in [0.3, 0.4) is 0 Å². The molecule has 1 aromatic heterocycles. The summed E-state index contributed by atoms with van der Waals surface area (Å²) in [6.07, 6.45) is 1.70. The third-order valence-corrected chi connectivity index (χ3v) is 6.14. The van der Waals surface area contributed by atoms with E-state index in [1.54, 1.807) is 43.4 Å². The zero-order valence-electron chi connectivity index (χ0n) is 16.9. The van der Waals surface area contributed by atoms with E-state index in [1.165, 1.54) is 23.3 Å². The summed E-state index contributed by atoms with van der Waals surface area (Å²) in [4.78, 5) is 41.0. The molecule has 0 aliphatic carbocycles. The highest BCUT2D eigenvalue weighted by Crippen LogP contribution is 2.45. The first-order valence-electron chi connectivity index (χ1n) is 10.1. The van der Waals surface area contributed by atoms with Crippen molar-refractivity contribution in [2.75, 3.05) is 13.2 Å². The van der Waals surface area contributed by atoms with Gasteiger partial charge in [0.05, 0.1) is 12.9 Å². The second kappa shape index (κ2) is 7.60. The molecule has 0 radical (unpaired) electrons. The van der Waals surface area contributed by atoms with Crippen molar-refractivity contribution >= 4 is 17.8 Å². The fraction of sp³-hybridized carbons (Fsp3) is 0.409. The van der Waals surface area contributed by atoms with E-state index in [0.717, 1.165) is 5.56 Å². The summed E-state index contributed by atoms with van der Waals surface area (Å²) < 4.78 is 11.0. The van der Waals surface area contributed by atoms with Crippen LogP contribution in [0.4, 0.5) is 0 Å². The Labute approximate surface area is 173 Å². The van der Waals surface area contributed by atoms with E-state index in [-0.39, 0.29) is 37.1 Å². The molecular weight excluding hydrogens is 388 g/mol. The zero-order chi connectivity index (χ0) is 21.5. The number of imide groups is 1. The Balaban J connectivity index is 1.84. The van der Waals surface area contributed by atoms with Crippen molar-refractivity contribution in [2.45, 2.75) is 31.8 Å². The maximum atomic E-state index is 13.3. The largest absolute Gasteiger partial charge is 0.508 e. The average molecular weight is 413 g/mol. The van der Waals surface area contributed by atoms with Crippen LogP contribution in [0.25, 0.3) is 0 Å². The number of likely N-dealkylation sites (tertiary alicyclic amines) is 1. The van der Waals surface area contributed by atoms with Crippen LogP contribution in [0, 0.1) is 11.8 Å². The predicted octanol–water partition coefficient (Wildman–Crippen LogP) is 0.769. The molecule has 0 unspecified atom stereocenters. The van der Waals surface area contributed by atoms with E-state index in [9.17, 15) is 19.5 Å². The fourth-order valence-corrected chi connectivity index (χ4v) is 4.89. The number of quaternary nitrogens is 1. The lowest BCUT2D eigenvalue weighted by Gasteiger charge is -2.29. The number of aromatic hydroxyl groups is 1. The van der Waals surface area contributed by atoms with Crippen LogP contribution in [0.15, 0.2) is 47.1 Å². The highest BCUT2D eigenvalue weighted by Gasteiger charge is 2.72. The molecule has 8 heteroatoms. The summed E-state index contributed by atoms with van der Waals surface area (Å²) in [5.41, 5.74) is -0.558. The maximum Gasteiger partial charge on any atom is 0.369 e. The van der Waals surface area contributed by atoms with Crippen LogP contribution in [0.5, 0.6) is 5.75 Å². The molecule has 2 aromatic rings. The Hall–Kier alpha value is -3.13. The van der Waals surface area contributed by atoms with Crippen LogP contribution < -0.4 is 5.32 Å². The number of nitrogens with zero attached hydrogens (tertiary/aromatic N) is 1. The maximum absolute atomic E-state index is 13.3. The number of furan rings is 1. The number of carbonyl (C=O) groups is 3. The van der Waals surface area contributed by atoms with Gasteiger partial charge in [0.1, 0.15) is 17.6 Å². The molecule has 3 heterocycles. The lowest BCUT2D eigenvalue weighted by Crippen LogP contribution is -2.98. The van der Waals surface area contributed by atoms with Gasteiger partial charge in [0.2, 0.25) is 17.4 Å². The van der Waals surface area contributed by atoms with E-state index in [0.29, 0.717) is 5.76 Å². The molecular formula is C22H25N2O6+. The number of fused-ring (bicyclic) bond motifs is 1. The number of nitrogens with two attached hydrogens (primary N) is 1. The summed E-state index contributed by atoms with van der Waals surface area (Å²) in [5, 5.41) is 11.4. The first-order valence-corrected chi connectivity index (χ1v) is 10.1. The van der Waals surface area contributed by atoms with Crippen LogP contribution in [-0.2, 0) is 25.5 Å². The van der Waals surface area contributed by atoms with Gasteiger partial charge in [0.25, 0.3) is 0 Å². The van der Waals surface area contributed by atoms with Gasteiger partial charge >= 0.3 is 5.97 Å². The Morgan fingerprint density at radius 2 is 1.93 bits per heavy atom.